The van der Waals surface area contributed by atoms with Crippen LogP contribution >= 0.6 is 11.6 Å². The highest BCUT2D eigenvalue weighted by atomic mass is 35.5. The van der Waals surface area contributed by atoms with Gasteiger partial charge in [-0.05, 0) is 30.9 Å². The summed E-state index contributed by atoms with van der Waals surface area (Å²) in [5.74, 6) is 0.540. The molecule has 0 saturated heterocycles. The van der Waals surface area contributed by atoms with Gasteiger partial charge in [0.1, 0.15) is 13.2 Å². The van der Waals surface area contributed by atoms with Gasteiger partial charge in [0.25, 0.3) is 0 Å². The van der Waals surface area contributed by atoms with Gasteiger partial charge in [-0.2, -0.15) is 0 Å². The number of hydrogen-bond donors (Lipinski definition) is 1. The topological polar surface area (TPSA) is 55.8 Å². The van der Waals surface area contributed by atoms with Crippen molar-refractivity contribution in [2.75, 3.05) is 13.2 Å². The predicted molar refractivity (Wildman–Crippen MR) is 75.0 cm³/mol. The van der Waals surface area contributed by atoms with E-state index in [2.05, 4.69) is 0 Å². The van der Waals surface area contributed by atoms with Gasteiger partial charge in [0, 0.05) is 11.0 Å². The maximum atomic E-state index is 11.1. The SMILES string of the molecule is CCc1c(C2(CC(=O)O)CC2)cc(Cl)c2c1OCCO2. The van der Waals surface area contributed by atoms with E-state index in [1.165, 1.54) is 0 Å². The molecule has 0 amide bonds. The number of hydrogen-bond acceptors (Lipinski definition) is 3. The van der Waals surface area contributed by atoms with E-state index >= 15 is 0 Å². The second kappa shape index (κ2) is 4.85. The van der Waals surface area contributed by atoms with E-state index in [-0.39, 0.29) is 11.8 Å². The summed E-state index contributed by atoms with van der Waals surface area (Å²) in [5.41, 5.74) is 1.80. The van der Waals surface area contributed by atoms with Crippen LogP contribution in [0.2, 0.25) is 5.02 Å². The Morgan fingerprint density at radius 1 is 1.35 bits per heavy atom. The third-order valence-electron chi connectivity index (χ3n) is 4.14. The van der Waals surface area contributed by atoms with Gasteiger partial charge in [0.15, 0.2) is 11.5 Å². The van der Waals surface area contributed by atoms with Crippen LogP contribution < -0.4 is 9.47 Å². The molecule has 1 saturated carbocycles. The minimum atomic E-state index is -0.768. The quantitative estimate of drug-likeness (QED) is 0.927. The smallest absolute Gasteiger partial charge is 0.304 e. The van der Waals surface area contributed by atoms with Crippen molar-refractivity contribution in [2.45, 2.75) is 38.0 Å². The lowest BCUT2D eigenvalue weighted by Crippen LogP contribution is -2.20. The fourth-order valence-electron chi connectivity index (χ4n) is 3.03. The molecule has 0 aromatic heterocycles. The molecule has 20 heavy (non-hydrogen) atoms. The number of carboxylic acid groups (broad SMARTS) is 1. The Bertz CT molecular complexity index is 563. The summed E-state index contributed by atoms with van der Waals surface area (Å²) in [5, 5.41) is 9.65. The summed E-state index contributed by atoms with van der Waals surface area (Å²) >= 11 is 6.29. The van der Waals surface area contributed by atoms with E-state index in [9.17, 15) is 4.79 Å². The minimum absolute atomic E-state index is 0.149. The number of halogens is 1. The fourth-order valence-corrected chi connectivity index (χ4v) is 3.28. The van der Waals surface area contributed by atoms with Gasteiger partial charge < -0.3 is 14.6 Å². The first kappa shape index (κ1) is 13.6. The Morgan fingerprint density at radius 2 is 2.00 bits per heavy atom. The molecule has 4 nitrogen and oxygen atoms in total. The van der Waals surface area contributed by atoms with Crippen molar-refractivity contribution >= 4 is 17.6 Å². The Labute approximate surface area is 122 Å². The third-order valence-corrected chi connectivity index (χ3v) is 4.42. The third kappa shape index (κ3) is 2.12. The van der Waals surface area contributed by atoms with Gasteiger partial charge in [0.2, 0.25) is 0 Å². The lowest BCUT2D eigenvalue weighted by Gasteiger charge is -2.26. The van der Waals surface area contributed by atoms with Crippen LogP contribution in [0.4, 0.5) is 0 Å². The van der Waals surface area contributed by atoms with Crippen LogP contribution in [0, 0.1) is 0 Å². The average Bonchev–Trinajstić information content (AvgIpc) is 3.18. The van der Waals surface area contributed by atoms with E-state index < -0.39 is 5.97 Å². The number of aliphatic carboxylic acids is 1. The number of fused-ring (bicyclic) bond motifs is 1. The van der Waals surface area contributed by atoms with E-state index in [0.29, 0.717) is 29.7 Å². The van der Waals surface area contributed by atoms with Crippen LogP contribution in [0.25, 0.3) is 0 Å². The summed E-state index contributed by atoms with van der Waals surface area (Å²) in [6, 6.07) is 1.88. The molecule has 1 aromatic carbocycles. The monoisotopic (exact) mass is 296 g/mol. The van der Waals surface area contributed by atoms with Crippen molar-refractivity contribution in [1.29, 1.82) is 0 Å². The van der Waals surface area contributed by atoms with E-state index in [1.807, 2.05) is 13.0 Å². The van der Waals surface area contributed by atoms with Gasteiger partial charge in [0.05, 0.1) is 11.4 Å². The van der Waals surface area contributed by atoms with Gasteiger partial charge in [-0.1, -0.05) is 18.5 Å². The van der Waals surface area contributed by atoms with E-state index in [4.69, 9.17) is 26.2 Å². The Hall–Kier alpha value is -1.42. The molecule has 3 rings (SSSR count). The standard InChI is InChI=1S/C15H17ClO4/c1-2-9-10(15(3-4-15)8-12(17)18)7-11(16)14-13(9)19-5-6-20-14/h7H,2-6,8H2,1H3,(H,17,18). The molecular formula is C15H17ClO4. The van der Waals surface area contributed by atoms with Crippen LogP contribution in [0.1, 0.15) is 37.3 Å². The lowest BCUT2D eigenvalue weighted by molar-refractivity contribution is -0.137. The molecule has 0 radical (unpaired) electrons. The first-order chi connectivity index (χ1) is 9.57. The van der Waals surface area contributed by atoms with Crippen LogP contribution in [0.5, 0.6) is 11.5 Å². The van der Waals surface area contributed by atoms with Crippen LogP contribution in [0.15, 0.2) is 6.07 Å². The zero-order valence-electron chi connectivity index (χ0n) is 11.4. The maximum Gasteiger partial charge on any atom is 0.304 e. The summed E-state index contributed by atoms with van der Waals surface area (Å²) in [4.78, 5) is 11.1. The number of ether oxygens (including phenoxy) is 2. The largest absolute Gasteiger partial charge is 0.486 e. The van der Waals surface area contributed by atoms with E-state index in [0.717, 1.165) is 30.4 Å². The van der Waals surface area contributed by atoms with Crippen LogP contribution in [0.3, 0.4) is 0 Å². The number of carboxylic acids is 1. The second-order valence-corrected chi connectivity index (χ2v) is 5.85. The minimum Gasteiger partial charge on any atom is -0.486 e. The van der Waals surface area contributed by atoms with Gasteiger partial charge in [-0.3, -0.25) is 4.79 Å². The molecule has 1 heterocycles. The molecule has 1 aromatic rings. The average molecular weight is 297 g/mol. The molecule has 0 spiro atoms. The van der Waals surface area contributed by atoms with Crippen molar-refractivity contribution in [1.82, 2.24) is 0 Å². The number of benzene rings is 1. The van der Waals surface area contributed by atoms with Gasteiger partial charge in [-0.15, -0.1) is 0 Å². The molecule has 0 atom stereocenters. The number of carbonyl (C=O) groups is 1. The molecule has 0 unspecified atom stereocenters. The summed E-state index contributed by atoms with van der Waals surface area (Å²) < 4.78 is 11.3. The van der Waals surface area contributed by atoms with Crippen molar-refractivity contribution in [3.8, 4) is 11.5 Å². The van der Waals surface area contributed by atoms with Crippen molar-refractivity contribution < 1.29 is 19.4 Å². The highest BCUT2D eigenvalue weighted by molar-refractivity contribution is 6.32. The molecular weight excluding hydrogens is 280 g/mol. The normalized spacial score (nSPS) is 18.7. The van der Waals surface area contributed by atoms with Crippen LogP contribution in [-0.2, 0) is 16.6 Å². The summed E-state index contributed by atoms with van der Waals surface area (Å²) in [6.07, 6.45) is 2.71. The summed E-state index contributed by atoms with van der Waals surface area (Å²) in [6.45, 7) is 3.04. The molecule has 2 aliphatic rings. The molecule has 5 heteroatoms. The zero-order chi connectivity index (χ0) is 14.3. The first-order valence-corrected chi connectivity index (χ1v) is 7.28. The van der Waals surface area contributed by atoms with Crippen LogP contribution in [-0.4, -0.2) is 24.3 Å². The second-order valence-electron chi connectivity index (χ2n) is 5.44. The number of rotatable bonds is 4. The molecule has 1 fully saturated rings. The fraction of sp³-hybridized carbons (Fsp3) is 0.533. The zero-order valence-corrected chi connectivity index (χ0v) is 12.1. The van der Waals surface area contributed by atoms with Crippen molar-refractivity contribution in [3.63, 3.8) is 0 Å². The Morgan fingerprint density at radius 3 is 2.55 bits per heavy atom. The Kier molecular flexibility index (Phi) is 3.28. The van der Waals surface area contributed by atoms with E-state index in [1.54, 1.807) is 0 Å². The summed E-state index contributed by atoms with van der Waals surface area (Å²) in [7, 11) is 0. The van der Waals surface area contributed by atoms with Crippen molar-refractivity contribution in [2.24, 2.45) is 0 Å². The maximum absolute atomic E-state index is 11.1. The van der Waals surface area contributed by atoms with Crippen molar-refractivity contribution in [3.05, 3.63) is 22.2 Å². The molecule has 1 aliphatic carbocycles. The van der Waals surface area contributed by atoms with Gasteiger partial charge >= 0.3 is 5.97 Å². The molecule has 0 bridgehead atoms. The van der Waals surface area contributed by atoms with Gasteiger partial charge in [-0.25, -0.2) is 0 Å². The predicted octanol–water partition coefficient (Wildman–Crippen LogP) is 3.18. The molecule has 1 N–H and O–H groups in total. The lowest BCUT2D eigenvalue weighted by atomic mass is 9.86. The highest BCUT2D eigenvalue weighted by Gasteiger charge is 2.48. The molecule has 108 valence electrons. The highest BCUT2D eigenvalue weighted by Crippen LogP contribution is 2.56. The first-order valence-electron chi connectivity index (χ1n) is 6.90. The Balaban J connectivity index is 2.12. The molecule has 1 aliphatic heterocycles.